The molecule has 0 radical (unpaired) electrons. The quantitative estimate of drug-likeness (QED) is 0.907. The summed E-state index contributed by atoms with van der Waals surface area (Å²) in [4.78, 5) is 2.62. The van der Waals surface area contributed by atoms with Crippen LogP contribution < -0.4 is 5.73 Å². The van der Waals surface area contributed by atoms with E-state index in [9.17, 15) is 0 Å². The fraction of sp³-hybridized carbons (Fsp3) is 0.647. The third-order valence-electron chi connectivity index (χ3n) is 5.21. The first kappa shape index (κ1) is 15.8. The Kier molecular flexibility index (Phi) is 5.11. The molecule has 1 saturated heterocycles. The van der Waals surface area contributed by atoms with Gasteiger partial charge < -0.3 is 5.73 Å². The van der Waals surface area contributed by atoms with Crippen LogP contribution in [0.4, 0.5) is 0 Å². The van der Waals surface area contributed by atoms with Crippen molar-refractivity contribution in [3.8, 4) is 0 Å². The van der Waals surface area contributed by atoms with Crippen LogP contribution >= 0.6 is 12.4 Å². The minimum Gasteiger partial charge on any atom is -0.327 e. The molecular formula is C17H27ClN2. The number of nitrogens with zero attached hydrogens (tertiary/aromatic N) is 1. The Balaban J connectivity index is 0.00000147. The normalized spacial score (nSPS) is 29.9. The van der Waals surface area contributed by atoms with Crippen LogP contribution in [0.15, 0.2) is 18.2 Å². The first-order chi connectivity index (χ1) is 9.13. The van der Waals surface area contributed by atoms with Crippen molar-refractivity contribution < 1.29 is 0 Å². The predicted molar refractivity (Wildman–Crippen MR) is 87.2 cm³/mol. The average molecular weight is 295 g/mol. The van der Waals surface area contributed by atoms with Crippen LogP contribution in [-0.2, 0) is 6.54 Å². The van der Waals surface area contributed by atoms with Gasteiger partial charge in [-0.05, 0) is 55.2 Å². The monoisotopic (exact) mass is 294 g/mol. The van der Waals surface area contributed by atoms with E-state index >= 15 is 0 Å². The van der Waals surface area contributed by atoms with Gasteiger partial charge in [-0.2, -0.15) is 0 Å². The lowest BCUT2D eigenvalue weighted by Crippen LogP contribution is -2.38. The van der Waals surface area contributed by atoms with Crippen LogP contribution in [0.1, 0.15) is 36.0 Å². The van der Waals surface area contributed by atoms with E-state index in [4.69, 9.17) is 5.73 Å². The Morgan fingerprint density at radius 2 is 1.95 bits per heavy atom. The molecule has 112 valence electrons. The summed E-state index contributed by atoms with van der Waals surface area (Å²) in [5.41, 5.74) is 10.5. The average Bonchev–Trinajstić information content (AvgIpc) is 2.78. The highest BCUT2D eigenvalue weighted by Crippen LogP contribution is 2.36. The zero-order valence-corrected chi connectivity index (χ0v) is 13.5. The third kappa shape index (κ3) is 3.19. The zero-order chi connectivity index (χ0) is 13.4. The highest BCUT2D eigenvalue weighted by atomic mass is 35.5. The summed E-state index contributed by atoms with van der Waals surface area (Å²) in [5, 5.41) is 0. The van der Waals surface area contributed by atoms with E-state index in [2.05, 4.69) is 36.9 Å². The Labute approximate surface area is 129 Å². The van der Waals surface area contributed by atoms with Gasteiger partial charge in [0.25, 0.3) is 0 Å². The van der Waals surface area contributed by atoms with Gasteiger partial charge >= 0.3 is 0 Å². The van der Waals surface area contributed by atoms with Gasteiger partial charge in [-0.3, -0.25) is 4.90 Å². The van der Waals surface area contributed by atoms with Gasteiger partial charge in [-0.1, -0.05) is 24.6 Å². The van der Waals surface area contributed by atoms with E-state index in [1.807, 2.05) is 0 Å². The number of hydrogen-bond donors (Lipinski definition) is 1. The second-order valence-electron chi connectivity index (χ2n) is 6.63. The lowest BCUT2D eigenvalue weighted by molar-refractivity contribution is 0.259. The first-order valence-corrected chi connectivity index (χ1v) is 7.67. The van der Waals surface area contributed by atoms with Crippen molar-refractivity contribution in [2.45, 2.75) is 45.7 Å². The number of halogens is 1. The van der Waals surface area contributed by atoms with Crippen molar-refractivity contribution in [2.75, 3.05) is 13.1 Å². The number of hydrogen-bond acceptors (Lipinski definition) is 2. The maximum Gasteiger partial charge on any atom is 0.0234 e. The van der Waals surface area contributed by atoms with Crippen molar-refractivity contribution in [2.24, 2.45) is 17.6 Å². The standard InChI is InChI=1S/C17H26N2.ClH/c1-12-6-7-14(8-13(12)2)9-19-10-15-4-3-5-17(18)16(15)11-19;/h6-8,15-17H,3-5,9-11,18H2,1-2H3;1H. The number of aryl methyl sites for hydroxylation is 2. The van der Waals surface area contributed by atoms with Crippen LogP contribution in [0.2, 0.25) is 0 Å². The SMILES string of the molecule is Cc1ccc(CN2CC3CCCC(N)C3C2)cc1C.Cl. The molecule has 20 heavy (non-hydrogen) atoms. The molecule has 3 unspecified atom stereocenters. The van der Waals surface area contributed by atoms with Gasteiger partial charge in [0.05, 0.1) is 0 Å². The van der Waals surface area contributed by atoms with Crippen LogP contribution in [0, 0.1) is 25.7 Å². The van der Waals surface area contributed by atoms with Crippen LogP contribution in [0.5, 0.6) is 0 Å². The molecule has 1 aromatic carbocycles. The topological polar surface area (TPSA) is 29.3 Å². The Morgan fingerprint density at radius 3 is 2.65 bits per heavy atom. The molecule has 1 aromatic rings. The maximum absolute atomic E-state index is 6.29. The van der Waals surface area contributed by atoms with Gasteiger partial charge in [-0.25, -0.2) is 0 Å². The van der Waals surface area contributed by atoms with Crippen molar-refractivity contribution in [3.63, 3.8) is 0 Å². The number of rotatable bonds is 2. The van der Waals surface area contributed by atoms with E-state index in [1.54, 1.807) is 0 Å². The van der Waals surface area contributed by atoms with Crippen molar-refractivity contribution in [1.82, 2.24) is 4.90 Å². The molecule has 1 saturated carbocycles. The summed E-state index contributed by atoms with van der Waals surface area (Å²) in [6.07, 6.45) is 3.96. The van der Waals surface area contributed by atoms with E-state index < -0.39 is 0 Å². The summed E-state index contributed by atoms with van der Waals surface area (Å²) in [7, 11) is 0. The number of nitrogens with two attached hydrogens (primary N) is 1. The minimum absolute atomic E-state index is 0. The molecule has 0 amide bonds. The largest absolute Gasteiger partial charge is 0.327 e. The molecule has 2 nitrogen and oxygen atoms in total. The summed E-state index contributed by atoms with van der Waals surface area (Å²) in [6, 6.07) is 7.32. The summed E-state index contributed by atoms with van der Waals surface area (Å²) in [5.74, 6) is 1.61. The predicted octanol–water partition coefficient (Wildman–Crippen LogP) is 3.28. The summed E-state index contributed by atoms with van der Waals surface area (Å²) in [6.45, 7) is 7.95. The molecule has 1 heterocycles. The van der Waals surface area contributed by atoms with Gasteiger partial charge in [0, 0.05) is 25.7 Å². The van der Waals surface area contributed by atoms with Crippen molar-refractivity contribution in [1.29, 1.82) is 0 Å². The summed E-state index contributed by atoms with van der Waals surface area (Å²) >= 11 is 0. The fourth-order valence-electron chi connectivity index (χ4n) is 3.90. The van der Waals surface area contributed by atoms with Crippen molar-refractivity contribution in [3.05, 3.63) is 34.9 Å². The molecule has 2 N–H and O–H groups in total. The molecule has 1 aliphatic heterocycles. The van der Waals surface area contributed by atoms with Gasteiger partial charge in [0.15, 0.2) is 0 Å². The number of likely N-dealkylation sites (tertiary alicyclic amines) is 1. The minimum atomic E-state index is 0. The maximum atomic E-state index is 6.29. The summed E-state index contributed by atoms with van der Waals surface area (Å²) < 4.78 is 0. The molecule has 0 bridgehead atoms. The molecule has 3 heteroatoms. The van der Waals surface area contributed by atoms with Gasteiger partial charge in [-0.15, -0.1) is 12.4 Å². The molecule has 0 spiro atoms. The van der Waals surface area contributed by atoms with Crippen LogP contribution in [0.3, 0.4) is 0 Å². The number of fused-ring (bicyclic) bond motifs is 1. The Morgan fingerprint density at radius 1 is 1.15 bits per heavy atom. The second-order valence-corrected chi connectivity index (χ2v) is 6.63. The molecule has 0 aromatic heterocycles. The highest BCUT2D eigenvalue weighted by Gasteiger charge is 2.38. The molecule has 1 aliphatic carbocycles. The van der Waals surface area contributed by atoms with E-state index in [0.717, 1.165) is 18.4 Å². The smallest absolute Gasteiger partial charge is 0.0234 e. The third-order valence-corrected chi connectivity index (χ3v) is 5.21. The number of benzene rings is 1. The highest BCUT2D eigenvalue weighted by molar-refractivity contribution is 5.85. The molecule has 2 aliphatic rings. The molecular weight excluding hydrogens is 268 g/mol. The second kappa shape index (κ2) is 6.46. The van der Waals surface area contributed by atoms with E-state index in [1.165, 1.54) is 49.0 Å². The zero-order valence-electron chi connectivity index (χ0n) is 12.6. The Hall–Kier alpha value is -0.570. The van der Waals surface area contributed by atoms with Crippen molar-refractivity contribution >= 4 is 12.4 Å². The van der Waals surface area contributed by atoms with Crippen LogP contribution in [0.25, 0.3) is 0 Å². The lowest BCUT2D eigenvalue weighted by atomic mass is 9.78. The molecule has 3 rings (SSSR count). The molecule has 3 atom stereocenters. The van der Waals surface area contributed by atoms with Gasteiger partial charge in [0.2, 0.25) is 0 Å². The Bertz CT molecular complexity index is 460. The molecule has 2 fully saturated rings. The van der Waals surface area contributed by atoms with E-state index in [-0.39, 0.29) is 12.4 Å². The lowest BCUT2D eigenvalue weighted by Gasteiger charge is -2.29. The van der Waals surface area contributed by atoms with Gasteiger partial charge in [0.1, 0.15) is 0 Å². The first-order valence-electron chi connectivity index (χ1n) is 7.67. The fourth-order valence-corrected chi connectivity index (χ4v) is 3.90. The van der Waals surface area contributed by atoms with Crippen LogP contribution in [-0.4, -0.2) is 24.0 Å². The van der Waals surface area contributed by atoms with E-state index in [0.29, 0.717) is 6.04 Å².